The molecule has 2 N–H and O–H groups in total. The molecule has 2 atom stereocenters. The topological polar surface area (TPSA) is 128 Å². The first kappa shape index (κ1) is 41.3. The Balaban J connectivity index is 1.24. The zero-order chi connectivity index (χ0) is 39.2. The van der Waals surface area contributed by atoms with Gasteiger partial charge in [-0.15, -0.1) is 0 Å². The van der Waals surface area contributed by atoms with E-state index in [9.17, 15) is 19.5 Å². The molecule has 1 unspecified atom stereocenters. The van der Waals surface area contributed by atoms with Crippen LogP contribution in [0.15, 0.2) is 85.2 Å². The lowest BCUT2D eigenvalue weighted by Crippen LogP contribution is -2.41. The van der Waals surface area contributed by atoms with Gasteiger partial charge in [0, 0.05) is 61.2 Å². The van der Waals surface area contributed by atoms with Crippen LogP contribution in [0.25, 0.3) is 22.5 Å². The smallest absolute Gasteiger partial charge is 0.308 e. The van der Waals surface area contributed by atoms with Gasteiger partial charge in [-0.2, -0.15) is 0 Å². The average molecular weight is 748 g/mol. The third-order valence-electron chi connectivity index (χ3n) is 10.6. The second-order valence-electron chi connectivity index (χ2n) is 15.8. The normalized spacial score (nSPS) is 14.5. The first-order valence-electron chi connectivity index (χ1n) is 19.9. The molecule has 0 saturated carbocycles. The highest BCUT2D eigenvalue weighted by atomic mass is 16.5. The van der Waals surface area contributed by atoms with Crippen LogP contribution in [0.3, 0.4) is 0 Å². The number of carbonyl (C=O) groups is 3. The van der Waals surface area contributed by atoms with Crippen LogP contribution in [0.2, 0.25) is 0 Å². The van der Waals surface area contributed by atoms with Gasteiger partial charge in [-0.25, -0.2) is 9.97 Å². The number of aromatic nitrogens is 2. The molecule has 292 valence electrons. The molecule has 9 heteroatoms. The third kappa shape index (κ3) is 12.3. The van der Waals surface area contributed by atoms with Crippen molar-refractivity contribution in [2.45, 2.75) is 90.9 Å². The maximum absolute atomic E-state index is 13.7. The quantitative estimate of drug-likeness (QED) is 0.0719. The van der Waals surface area contributed by atoms with E-state index in [4.69, 9.17) is 9.47 Å². The fraction of sp³-hybridized carbons (Fsp3) is 0.457. The standard InChI is InChI=1S/C46H57N3O6/c1-5-6-7-8-9-24-55-40-20-16-33(17-21-40)38-29-47-43(48-30-38)36-12-10-32(11-13-36)27-37(28-42(50)35-14-18-39(19-15-35)46(2,3)4)44(51)49-31-41(45(52)53)34-22-25-54-26-23-34/h10-21,29-30,34,37,41H,5-9,22-28,31H2,1-4H3,(H,49,51)(H,52,53)/t37-,41?/m1/s1. The molecule has 9 nitrogen and oxygen atoms in total. The number of hydrogen-bond donors (Lipinski definition) is 2. The minimum absolute atomic E-state index is 0.00577. The Labute approximate surface area is 326 Å². The van der Waals surface area contributed by atoms with Crippen molar-refractivity contribution in [3.05, 3.63) is 102 Å². The van der Waals surface area contributed by atoms with E-state index in [1.165, 1.54) is 25.7 Å². The number of nitrogens with one attached hydrogen (secondary N) is 1. The summed E-state index contributed by atoms with van der Waals surface area (Å²) in [4.78, 5) is 48.8. The first-order chi connectivity index (χ1) is 26.5. The van der Waals surface area contributed by atoms with Gasteiger partial charge < -0.3 is 19.9 Å². The Morgan fingerprint density at radius 3 is 2.09 bits per heavy atom. The van der Waals surface area contributed by atoms with Gasteiger partial charge in [-0.3, -0.25) is 14.4 Å². The van der Waals surface area contributed by atoms with Crippen molar-refractivity contribution < 1.29 is 29.0 Å². The number of ether oxygens (including phenoxy) is 2. The third-order valence-corrected chi connectivity index (χ3v) is 10.6. The average Bonchev–Trinajstić information content (AvgIpc) is 3.19. The summed E-state index contributed by atoms with van der Waals surface area (Å²) in [6.07, 6.45) is 11.2. The van der Waals surface area contributed by atoms with Gasteiger partial charge in [0.25, 0.3) is 0 Å². The molecule has 0 spiro atoms. The largest absolute Gasteiger partial charge is 0.494 e. The molecule has 5 rings (SSSR count). The van der Waals surface area contributed by atoms with E-state index in [-0.39, 0.29) is 36.0 Å². The Morgan fingerprint density at radius 2 is 1.47 bits per heavy atom. The summed E-state index contributed by atoms with van der Waals surface area (Å²) in [5, 5.41) is 12.9. The van der Waals surface area contributed by atoms with Crippen molar-refractivity contribution >= 4 is 17.7 Å². The summed E-state index contributed by atoms with van der Waals surface area (Å²) < 4.78 is 11.3. The molecule has 1 amide bonds. The highest BCUT2D eigenvalue weighted by molar-refractivity contribution is 5.98. The molecule has 3 aromatic carbocycles. The van der Waals surface area contributed by atoms with Gasteiger partial charge in [-0.1, -0.05) is 114 Å². The van der Waals surface area contributed by atoms with Crippen LogP contribution in [0.1, 0.15) is 101 Å². The summed E-state index contributed by atoms with van der Waals surface area (Å²) in [5.74, 6) is -1.45. The Morgan fingerprint density at radius 1 is 0.836 bits per heavy atom. The molecule has 1 aliphatic heterocycles. The number of unbranched alkanes of at least 4 members (excludes halogenated alkanes) is 4. The molecule has 0 radical (unpaired) electrons. The zero-order valence-corrected chi connectivity index (χ0v) is 32.9. The van der Waals surface area contributed by atoms with Gasteiger partial charge >= 0.3 is 5.97 Å². The number of carboxylic acid groups (broad SMARTS) is 1. The van der Waals surface area contributed by atoms with E-state index in [0.717, 1.165) is 46.6 Å². The molecule has 1 fully saturated rings. The Bertz CT molecular complexity index is 1810. The Kier molecular flexibility index (Phi) is 15.1. The predicted molar refractivity (Wildman–Crippen MR) is 216 cm³/mol. The molecular weight excluding hydrogens is 691 g/mol. The van der Waals surface area contributed by atoms with Crippen LogP contribution in [-0.4, -0.2) is 59.1 Å². The van der Waals surface area contributed by atoms with E-state index < -0.39 is 17.8 Å². The fourth-order valence-corrected chi connectivity index (χ4v) is 7.02. The van der Waals surface area contributed by atoms with Crippen molar-refractivity contribution in [3.8, 4) is 28.3 Å². The SMILES string of the molecule is CCCCCCCOc1ccc(-c2cnc(-c3ccc(C[C@H](CC(=O)c4ccc(C(C)(C)C)cc4)C(=O)NCC(C(=O)O)C4CCOCC4)cc3)nc2)cc1. The minimum atomic E-state index is -0.934. The van der Waals surface area contributed by atoms with Gasteiger partial charge in [0.1, 0.15) is 5.75 Å². The lowest BCUT2D eigenvalue weighted by Gasteiger charge is -2.28. The first-order valence-corrected chi connectivity index (χ1v) is 19.9. The number of carbonyl (C=O) groups excluding carboxylic acids is 2. The maximum Gasteiger partial charge on any atom is 0.308 e. The van der Waals surface area contributed by atoms with Crippen LogP contribution in [0, 0.1) is 17.8 Å². The summed E-state index contributed by atoms with van der Waals surface area (Å²) >= 11 is 0. The molecule has 0 aliphatic carbocycles. The van der Waals surface area contributed by atoms with Gasteiger partial charge in [0.05, 0.1) is 12.5 Å². The second kappa shape index (κ2) is 20.1. The zero-order valence-electron chi connectivity index (χ0n) is 32.9. The van der Waals surface area contributed by atoms with E-state index >= 15 is 0 Å². The van der Waals surface area contributed by atoms with Crippen LogP contribution in [0.5, 0.6) is 5.75 Å². The molecule has 1 aromatic heterocycles. The number of amides is 1. The van der Waals surface area contributed by atoms with Crippen molar-refractivity contribution in [2.75, 3.05) is 26.4 Å². The van der Waals surface area contributed by atoms with Crippen molar-refractivity contribution in [1.82, 2.24) is 15.3 Å². The summed E-state index contributed by atoms with van der Waals surface area (Å²) in [7, 11) is 0. The minimum Gasteiger partial charge on any atom is -0.494 e. The molecule has 4 aromatic rings. The fourth-order valence-electron chi connectivity index (χ4n) is 7.02. The number of nitrogens with zero attached hydrogens (tertiary/aromatic N) is 2. The molecule has 0 bridgehead atoms. The second-order valence-corrected chi connectivity index (χ2v) is 15.8. The number of hydrogen-bond acceptors (Lipinski definition) is 7. The number of ketones is 1. The maximum atomic E-state index is 13.7. The highest BCUT2D eigenvalue weighted by Crippen LogP contribution is 2.27. The summed E-state index contributed by atoms with van der Waals surface area (Å²) in [6.45, 7) is 10.3. The molecule has 55 heavy (non-hydrogen) atoms. The van der Waals surface area contributed by atoms with Gasteiger partial charge in [0.15, 0.2) is 11.6 Å². The number of benzene rings is 3. The number of Topliss-reactive ketones (excluding diaryl/α,β-unsaturated/α-hetero) is 1. The van der Waals surface area contributed by atoms with E-state index in [1.807, 2.05) is 85.2 Å². The lowest BCUT2D eigenvalue weighted by atomic mass is 9.85. The van der Waals surface area contributed by atoms with Crippen molar-refractivity contribution in [1.29, 1.82) is 0 Å². The van der Waals surface area contributed by atoms with Crippen LogP contribution in [-0.2, 0) is 26.2 Å². The molecule has 2 heterocycles. The lowest BCUT2D eigenvalue weighted by molar-refractivity contribution is -0.145. The predicted octanol–water partition coefficient (Wildman–Crippen LogP) is 9.13. The highest BCUT2D eigenvalue weighted by Gasteiger charge is 2.31. The van der Waals surface area contributed by atoms with Gasteiger partial charge in [0.2, 0.25) is 5.91 Å². The van der Waals surface area contributed by atoms with E-state index in [2.05, 4.69) is 43.0 Å². The molecule has 1 saturated heterocycles. The van der Waals surface area contributed by atoms with Crippen LogP contribution >= 0.6 is 0 Å². The van der Waals surface area contributed by atoms with E-state index in [1.54, 1.807) is 0 Å². The monoisotopic (exact) mass is 747 g/mol. The molecular formula is C46H57N3O6. The number of rotatable bonds is 19. The Hall–Kier alpha value is -4.89. The van der Waals surface area contributed by atoms with Crippen LogP contribution < -0.4 is 10.1 Å². The number of aliphatic carboxylic acids is 1. The summed E-state index contributed by atoms with van der Waals surface area (Å²) in [5.41, 5.74) is 5.22. The summed E-state index contributed by atoms with van der Waals surface area (Å²) in [6, 6.07) is 23.3. The van der Waals surface area contributed by atoms with Crippen LogP contribution in [0.4, 0.5) is 0 Å². The number of carboxylic acids is 1. The van der Waals surface area contributed by atoms with Gasteiger partial charge in [-0.05, 0) is 65.8 Å². The van der Waals surface area contributed by atoms with Crippen molar-refractivity contribution in [3.63, 3.8) is 0 Å². The van der Waals surface area contributed by atoms with Crippen molar-refractivity contribution in [2.24, 2.45) is 17.8 Å². The molecule has 1 aliphatic rings. The van der Waals surface area contributed by atoms with E-state index in [0.29, 0.717) is 43.9 Å².